The van der Waals surface area contributed by atoms with Crippen LogP contribution in [0.15, 0.2) is 59.2 Å². The number of carbonyl (C=O) groups excluding carboxylic acids is 1. The number of hydrogen-bond donors (Lipinski definition) is 1. The molecule has 7 heteroatoms. The Morgan fingerprint density at radius 2 is 1.84 bits per heavy atom. The Labute approximate surface area is 196 Å². The highest BCUT2D eigenvalue weighted by molar-refractivity contribution is 9.10. The highest BCUT2D eigenvalue weighted by Gasteiger charge is 2.17. The van der Waals surface area contributed by atoms with E-state index in [2.05, 4.69) is 71.4 Å². The van der Waals surface area contributed by atoms with E-state index in [0.717, 1.165) is 22.9 Å². The van der Waals surface area contributed by atoms with E-state index in [-0.39, 0.29) is 18.7 Å². The minimum Gasteiger partial charge on any atom is -0.470 e. The van der Waals surface area contributed by atoms with Crippen LogP contribution in [-0.2, 0) is 6.73 Å². The fraction of sp³-hybridized carbons (Fsp3) is 0.333. The fourth-order valence-electron chi connectivity index (χ4n) is 3.23. The lowest BCUT2D eigenvalue weighted by Gasteiger charge is -2.18. The van der Waals surface area contributed by atoms with Gasteiger partial charge in [0, 0.05) is 10.7 Å². The van der Waals surface area contributed by atoms with Crippen LogP contribution in [0.4, 0.5) is 0 Å². The maximum Gasteiger partial charge on any atom is 0.272 e. The number of aromatic nitrogens is 2. The summed E-state index contributed by atoms with van der Waals surface area (Å²) in [4.78, 5) is 12.7. The van der Waals surface area contributed by atoms with Crippen LogP contribution in [0.1, 0.15) is 67.2 Å². The lowest BCUT2D eigenvalue weighted by molar-refractivity contribution is 0.0928. The van der Waals surface area contributed by atoms with Gasteiger partial charge in [-0.05, 0) is 54.2 Å². The average Bonchev–Trinajstić information content (AvgIpc) is 3.25. The third-order valence-corrected chi connectivity index (χ3v) is 6.14. The van der Waals surface area contributed by atoms with Crippen molar-refractivity contribution in [2.24, 2.45) is 0 Å². The SMILES string of the molecule is CCC(C)c1ccc(C(CC)NC(=O)c2ccn(COc3ccc(Br)cc3Cl)n2)cc1. The van der Waals surface area contributed by atoms with Crippen LogP contribution in [-0.4, -0.2) is 15.7 Å². The molecule has 0 aliphatic rings. The van der Waals surface area contributed by atoms with Crippen LogP contribution in [0.5, 0.6) is 5.75 Å². The van der Waals surface area contributed by atoms with Gasteiger partial charge in [-0.2, -0.15) is 5.10 Å². The van der Waals surface area contributed by atoms with Crippen molar-refractivity contribution in [1.29, 1.82) is 0 Å². The Morgan fingerprint density at radius 3 is 2.48 bits per heavy atom. The van der Waals surface area contributed by atoms with E-state index in [9.17, 15) is 4.79 Å². The van der Waals surface area contributed by atoms with Crippen molar-refractivity contribution in [3.05, 3.63) is 81.0 Å². The van der Waals surface area contributed by atoms with Crippen molar-refractivity contribution < 1.29 is 9.53 Å². The van der Waals surface area contributed by atoms with E-state index in [4.69, 9.17) is 16.3 Å². The van der Waals surface area contributed by atoms with Gasteiger partial charge >= 0.3 is 0 Å². The Morgan fingerprint density at radius 1 is 1.13 bits per heavy atom. The summed E-state index contributed by atoms with van der Waals surface area (Å²) in [6.45, 7) is 6.62. The quantitative estimate of drug-likeness (QED) is 0.351. The summed E-state index contributed by atoms with van der Waals surface area (Å²) < 4.78 is 8.14. The van der Waals surface area contributed by atoms with E-state index in [0.29, 0.717) is 22.4 Å². The van der Waals surface area contributed by atoms with Gasteiger partial charge in [0.25, 0.3) is 5.91 Å². The van der Waals surface area contributed by atoms with Crippen LogP contribution in [0, 0.1) is 0 Å². The minimum absolute atomic E-state index is 0.0681. The third kappa shape index (κ3) is 6.11. The van der Waals surface area contributed by atoms with Gasteiger partial charge in [0.2, 0.25) is 0 Å². The second-order valence-electron chi connectivity index (χ2n) is 7.50. The molecular weight excluding hydrogens is 478 g/mol. The standard InChI is InChI=1S/C24H27BrClN3O2/c1-4-16(3)17-6-8-18(9-7-17)21(5-2)27-24(30)22-12-13-29(28-22)15-31-23-11-10-19(25)14-20(23)26/h6-14,16,21H,4-5,15H2,1-3H3,(H,27,30). The van der Waals surface area contributed by atoms with Crippen molar-refractivity contribution in [3.8, 4) is 5.75 Å². The smallest absolute Gasteiger partial charge is 0.272 e. The molecule has 1 heterocycles. The lowest BCUT2D eigenvalue weighted by Crippen LogP contribution is -2.28. The number of benzene rings is 2. The summed E-state index contributed by atoms with van der Waals surface area (Å²) in [6.07, 6.45) is 3.61. The molecule has 0 saturated carbocycles. The first-order valence-electron chi connectivity index (χ1n) is 10.4. The number of hydrogen-bond acceptors (Lipinski definition) is 3. The molecule has 2 aromatic carbocycles. The zero-order valence-electron chi connectivity index (χ0n) is 17.9. The number of nitrogens with one attached hydrogen (secondary N) is 1. The van der Waals surface area contributed by atoms with Gasteiger partial charge < -0.3 is 10.1 Å². The molecule has 2 unspecified atom stereocenters. The molecule has 3 aromatic rings. The Bertz CT molecular complexity index is 1020. The molecule has 5 nitrogen and oxygen atoms in total. The summed E-state index contributed by atoms with van der Waals surface area (Å²) in [5.74, 6) is 0.874. The number of rotatable bonds is 9. The minimum atomic E-state index is -0.210. The maximum absolute atomic E-state index is 12.7. The van der Waals surface area contributed by atoms with E-state index in [1.54, 1.807) is 29.1 Å². The van der Waals surface area contributed by atoms with E-state index < -0.39 is 0 Å². The van der Waals surface area contributed by atoms with Gasteiger partial charge in [0.15, 0.2) is 6.73 Å². The predicted molar refractivity (Wildman–Crippen MR) is 128 cm³/mol. The first-order valence-corrected chi connectivity index (χ1v) is 11.6. The summed E-state index contributed by atoms with van der Waals surface area (Å²) in [5.41, 5.74) is 2.76. The van der Waals surface area contributed by atoms with Crippen LogP contribution in [0.2, 0.25) is 5.02 Å². The van der Waals surface area contributed by atoms with Crippen molar-refractivity contribution in [3.63, 3.8) is 0 Å². The Hall–Kier alpha value is -2.31. The summed E-state index contributed by atoms with van der Waals surface area (Å²) >= 11 is 9.53. The molecule has 0 aliphatic carbocycles. The monoisotopic (exact) mass is 503 g/mol. The molecule has 2 atom stereocenters. The molecule has 164 valence electrons. The zero-order chi connectivity index (χ0) is 22.4. The maximum atomic E-state index is 12.7. The number of ether oxygens (including phenoxy) is 1. The van der Waals surface area contributed by atoms with Gasteiger partial charge in [-0.1, -0.05) is 72.6 Å². The summed E-state index contributed by atoms with van der Waals surface area (Å²) in [7, 11) is 0. The first kappa shape index (κ1) is 23.4. The number of amides is 1. The van der Waals surface area contributed by atoms with Gasteiger partial charge in [0.05, 0.1) is 11.1 Å². The molecule has 0 fully saturated rings. The Balaban J connectivity index is 1.61. The topological polar surface area (TPSA) is 56.2 Å². The van der Waals surface area contributed by atoms with Crippen LogP contribution < -0.4 is 10.1 Å². The average molecular weight is 505 g/mol. The van der Waals surface area contributed by atoms with Gasteiger partial charge in [-0.25, -0.2) is 4.68 Å². The van der Waals surface area contributed by atoms with Gasteiger partial charge in [-0.15, -0.1) is 0 Å². The van der Waals surface area contributed by atoms with Gasteiger partial charge in [-0.3, -0.25) is 4.79 Å². The van der Waals surface area contributed by atoms with Crippen molar-refractivity contribution in [1.82, 2.24) is 15.1 Å². The molecule has 0 saturated heterocycles. The van der Waals surface area contributed by atoms with E-state index in [1.807, 2.05) is 6.07 Å². The molecule has 1 aromatic heterocycles. The molecule has 1 amide bonds. The summed E-state index contributed by atoms with van der Waals surface area (Å²) in [6, 6.07) is 15.5. The molecule has 0 spiro atoms. The second-order valence-corrected chi connectivity index (χ2v) is 8.82. The fourth-order valence-corrected chi connectivity index (χ4v) is 3.96. The highest BCUT2D eigenvalue weighted by Crippen LogP contribution is 2.28. The molecule has 31 heavy (non-hydrogen) atoms. The Kier molecular flexibility index (Phi) is 8.15. The zero-order valence-corrected chi connectivity index (χ0v) is 20.3. The van der Waals surface area contributed by atoms with Crippen molar-refractivity contribution in [2.75, 3.05) is 0 Å². The van der Waals surface area contributed by atoms with Crippen LogP contribution >= 0.6 is 27.5 Å². The first-order chi connectivity index (χ1) is 14.9. The van der Waals surface area contributed by atoms with E-state index >= 15 is 0 Å². The van der Waals surface area contributed by atoms with Crippen LogP contribution in [0.25, 0.3) is 0 Å². The normalized spacial score (nSPS) is 12.9. The van der Waals surface area contributed by atoms with Crippen molar-refractivity contribution in [2.45, 2.75) is 52.3 Å². The molecule has 0 bridgehead atoms. The van der Waals surface area contributed by atoms with Gasteiger partial charge in [0.1, 0.15) is 11.4 Å². The number of nitrogens with zero attached hydrogens (tertiary/aromatic N) is 2. The highest BCUT2D eigenvalue weighted by atomic mass is 79.9. The largest absolute Gasteiger partial charge is 0.470 e. The lowest BCUT2D eigenvalue weighted by atomic mass is 9.95. The third-order valence-electron chi connectivity index (χ3n) is 5.35. The van der Waals surface area contributed by atoms with Crippen molar-refractivity contribution >= 4 is 33.4 Å². The molecular formula is C24H27BrClN3O2. The summed E-state index contributed by atoms with van der Waals surface area (Å²) in [5, 5.41) is 7.92. The number of carbonyl (C=O) groups is 1. The second kappa shape index (κ2) is 10.8. The number of halogens is 2. The molecule has 3 rings (SSSR count). The van der Waals surface area contributed by atoms with E-state index in [1.165, 1.54) is 5.56 Å². The molecule has 0 aliphatic heterocycles. The molecule has 1 N–H and O–H groups in total. The molecule has 0 radical (unpaired) electrons. The predicted octanol–water partition coefficient (Wildman–Crippen LogP) is 6.73. The van der Waals surface area contributed by atoms with Crippen LogP contribution in [0.3, 0.4) is 0 Å².